The molecule has 0 saturated heterocycles. The van der Waals surface area contributed by atoms with Crippen molar-refractivity contribution in [3.63, 3.8) is 0 Å². The van der Waals surface area contributed by atoms with Crippen LogP contribution in [0.4, 0.5) is 0 Å². The topological polar surface area (TPSA) is 69.6 Å². The molecule has 58 heavy (non-hydrogen) atoms. The lowest BCUT2D eigenvalue weighted by Crippen LogP contribution is -2.45. The van der Waals surface area contributed by atoms with Gasteiger partial charge in [-0.1, -0.05) is 226 Å². The maximum Gasteiger partial charge on any atom is 0.220 e. The van der Waals surface area contributed by atoms with Gasteiger partial charge in [0.2, 0.25) is 5.91 Å². The van der Waals surface area contributed by atoms with Crippen LogP contribution in [0.15, 0.2) is 97.2 Å². The van der Waals surface area contributed by atoms with E-state index in [2.05, 4.69) is 97.3 Å². The number of hydrogen-bond donors (Lipinski definition) is 3. The highest BCUT2D eigenvalue weighted by atomic mass is 16.3. The molecule has 4 nitrogen and oxygen atoms in total. The van der Waals surface area contributed by atoms with Crippen molar-refractivity contribution >= 4 is 5.91 Å². The van der Waals surface area contributed by atoms with Crippen molar-refractivity contribution in [2.45, 2.75) is 231 Å². The first-order valence-electron chi connectivity index (χ1n) is 24.4. The van der Waals surface area contributed by atoms with E-state index in [4.69, 9.17) is 0 Å². The molecule has 4 heteroatoms. The molecule has 0 aliphatic carbocycles. The van der Waals surface area contributed by atoms with Gasteiger partial charge in [0.15, 0.2) is 0 Å². The van der Waals surface area contributed by atoms with Gasteiger partial charge in [-0.3, -0.25) is 4.79 Å². The molecule has 0 aliphatic rings. The maximum absolute atomic E-state index is 12.3. The molecule has 0 aliphatic heterocycles. The lowest BCUT2D eigenvalue weighted by Gasteiger charge is -2.19. The van der Waals surface area contributed by atoms with Gasteiger partial charge < -0.3 is 15.5 Å². The summed E-state index contributed by atoms with van der Waals surface area (Å²) < 4.78 is 0. The molecule has 0 aromatic heterocycles. The van der Waals surface area contributed by atoms with Crippen LogP contribution in [0.25, 0.3) is 0 Å². The summed E-state index contributed by atoms with van der Waals surface area (Å²) in [5.41, 5.74) is 0. The van der Waals surface area contributed by atoms with Crippen LogP contribution in [0, 0.1) is 0 Å². The molecule has 0 radical (unpaired) electrons. The van der Waals surface area contributed by atoms with Gasteiger partial charge in [0, 0.05) is 6.42 Å². The number of aliphatic hydroxyl groups is 2. The van der Waals surface area contributed by atoms with Crippen molar-refractivity contribution in [1.29, 1.82) is 0 Å². The van der Waals surface area contributed by atoms with E-state index in [-0.39, 0.29) is 12.5 Å². The number of carbonyl (C=O) groups is 1. The lowest BCUT2D eigenvalue weighted by atomic mass is 10.0. The Morgan fingerprint density at radius 3 is 1.21 bits per heavy atom. The lowest BCUT2D eigenvalue weighted by molar-refractivity contribution is -0.123. The molecular weight excluding hydrogens is 711 g/mol. The van der Waals surface area contributed by atoms with E-state index in [1.807, 2.05) is 13.0 Å². The van der Waals surface area contributed by atoms with Crippen LogP contribution in [-0.2, 0) is 4.79 Å². The van der Waals surface area contributed by atoms with E-state index in [9.17, 15) is 15.0 Å². The molecule has 0 bridgehead atoms. The van der Waals surface area contributed by atoms with E-state index < -0.39 is 12.1 Å². The summed E-state index contributed by atoms with van der Waals surface area (Å²) in [7, 11) is 0. The zero-order chi connectivity index (χ0) is 42.1. The van der Waals surface area contributed by atoms with Crippen LogP contribution in [-0.4, -0.2) is 34.9 Å². The Hall–Kier alpha value is -2.69. The van der Waals surface area contributed by atoms with Crippen LogP contribution in [0.3, 0.4) is 0 Å². The fraction of sp³-hybridized carbons (Fsp3) is 0.685. The minimum Gasteiger partial charge on any atom is -0.394 e. The molecule has 0 spiro atoms. The third-order valence-electron chi connectivity index (χ3n) is 10.6. The van der Waals surface area contributed by atoms with Gasteiger partial charge in [0.25, 0.3) is 0 Å². The highest BCUT2D eigenvalue weighted by Gasteiger charge is 2.17. The SMILES string of the molecule is C/C=C/CC/C=C/CC/C=C/C(O)C(CO)NC(=O)CCCCCCCCCCCCCCCCCCCCCCC/C=C\C/C=C\C/C=C\C/C=C\C/C=C\CC. The zero-order valence-electron chi connectivity index (χ0n) is 38.0. The van der Waals surface area contributed by atoms with Crippen molar-refractivity contribution in [2.24, 2.45) is 0 Å². The largest absolute Gasteiger partial charge is 0.394 e. The van der Waals surface area contributed by atoms with Crippen LogP contribution < -0.4 is 5.32 Å². The van der Waals surface area contributed by atoms with E-state index >= 15 is 0 Å². The van der Waals surface area contributed by atoms with Crippen molar-refractivity contribution in [3.8, 4) is 0 Å². The summed E-state index contributed by atoms with van der Waals surface area (Å²) in [4.78, 5) is 12.3. The Bertz CT molecular complexity index is 1090. The number of carbonyl (C=O) groups excluding carboxylic acids is 1. The van der Waals surface area contributed by atoms with Gasteiger partial charge in [-0.25, -0.2) is 0 Å². The molecule has 3 N–H and O–H groups in total. The Kier molecular flexibility index (Phi) is 46.4. The van der Waals surface area contributed by atoms with Crippen molar-refractivity contribution in [1.82, 2.24) is 5.32 Å². The number of allylic oxidation sites excluding steroid dienone is 15. The Morgan fingerprint density at radius 1 is 0.448 bits per heavy atom. The van der Waals surface area contributed by atoms with E-state index in [1.54, 1.807) is 6.08 Å². The number of unbranched alkanes of at least 4 members (excludes halogenated alkanes) is 23. The summed E-state index contributed by atoms with van der Waals surface area (Å²) in [6.07, 6.45) is 72.9. The van der Waals surface area contributed by atoms with Gasteiger partial charge in [-0.05, 0) is 84.0 Å². The van der Waals surface area contributed by atoms with E-state index in [1.165, 1.54) is 128 Å². The molecule has 2 unspecified atom stereocenters. The van der Waals surface area contributed by atoms with Crippen LogP contribution in [0.1, 0.15) is 219 Å². The Labute approximate surface area is 360 Å². The average molecular weight is 804 g/mol. The third kappa shape index (κ3) is 44.4. The van der Waals surface area contributed by atoms with Crippen LogP contribution >= 0.6 is 0 Å². The highest BCUT2D eigenvalue weighted by Crippen LogP contribution is 2.16. The summed E-state index contributed by atoms with van der Waals surface area (Å²) in [6.45, 7) is 3.94. The fourth-order valence-electron chi connectivity index (χ4n) is 6.95. The first-order valence-corrected chi connectivity index (χ1v) is 24.4. The molecule has 0 rings (SSSR count). The van der Waals surface area contributed by atoms with Gasteiger partial charge in [-0.15, -0.1) is 0 Å². The molecule has 1 amide bonds. The molecule has 2 atom stereocenters. The summed E-state index contributed by atoms with van der Waals surface area (Å²) in [5, 5.41) is 22.8. The van der Waals surface area contributed by atoms with Crippen LogP contribution in [0.2, 0.25) is 0 Å². The zero-order valence-corrected chi connectivity index (χ0v) is 38.0. The number of rotatable bonds is 43. The smallest absolute Gasteiger partial charge is 0.220 e. The molecule has 332 valence electrons. The number of amides is 1. The number of aliphatic hydroxyl groups excluding tert-OH is 2. The first kappa shape index (κ1) is 55.3. The molecule has 0 fully saturated rings. The fourth-order valence-corrected chi connectivity index (χ4v) is 6.95. The minimum atomic E-state index is -0.870. The van der Waals surface area contributed by atoms with Gasteiger partial charge in [0.05, 0.1) is 18.8 Å². The highest BCUT2D eigenvalue weighted by molar-refractivity contribution is 5.76. The van der Waals surface area contributed by atoms with Crippen LogP contribution in [0.5, 0.6) is 0 Å². The third-order valence-corrected chi connectivity index (χ3v) is 10.6. The second-order valence-corrected chi connectivity index (χ2v) is 16.1. The molecule has 0 aromatic rings. The van der Waals surface area contributed by atoms with Crippen molar-refractivity contribution in [2.75, 3.05) is 6.61 Å². The average Bonchev–Trinajstić information content (AvgIpc) is 3.23. The van der Waals surface area contributed by atoms with E-state index in [0.717, 1.165) is 70.6 Å². The second-order valence-electron chi connectivity index (χ2n) is 16.1. The Balaban J connectivity index is 3.44. The first-order chi connectivity index (χ1) is 28.7. The monoisotopic (exact) mass is 804 g/mol. The summed E-state index contributed by atoms with van der Waals surface area (Å²) in [6, 6.07) is -0.645. The van der Waals surface area contributed by atoms with Crippen molar-refractivity contribution in [3.05, 3.63) is 97.2 Å². The van der Waals surface area contributed by atoms with Crippen molar-refractivity contribution < 1.29 is 15.0 Å². The summed E-state index contributed by atoms with van der Waals surface area (Å²) >= 11 is 0. The molecule has 0 heterocycles. The minimum absolute atomic E-state index is 0.0823. The molecule has 0 saturated carbocycles. The standard InChI is InChI=1S/C54H93NO3/c1-3-5-7-9-11-13-14-15-16-17-18-19-20-21-22-23-24-25-26-27-28-29-30-31-32-33-34-35-36-37-38-39-40-42-44-46-48-50-54(58)55-52(51-56)53(57)49-47-45-43-41-12-10-8-6-4-2/h4-7,11-13,15-16,18-19,21-22,41,47,49,52-53,56-57H,3,8-10,14,17,20,23-40,42-46,48,50-51H2,1-2H3,(H,55,58)/b6-4+,7-5-,13-11-,16-15-,19-18-,22-21-,41-12+,49-47+. The van der Waals surface area contributed by atoms with Gasteiger partial charge >= 0.3 is 0 Å². The normalized spacial score (nSPS) is 13.8. The number of hydrogen-bond acceptors (Lipinski definition) is 3. The van der Waals surface area contributed by atoms with E-state index in [0.29, 0.717) is 6.42 Å². The Morgan fingerprint density at radius 2 is 0.793 bits per heavy atom. The van der Waals surface area contributed by atoms with Gasteiger partial charge in [-0.2, -0.15) is 0 Å². The van der Waals surface area contributed by atoms with Gasteiger partial charge in [0.1, 0.15) is 0 Å². The summed E-state index contributed by atoms with van der Waals surface area (Å²) in [5.74, 6) is -0.0823. The number of nitrogens with one attached hydrogen (secondary N) is 1. The predicted molar refractivity (Wildman–Crippen MR) is 257 cm³/mol. The quantitative estimate of drug-likeness (QED) is 0.0425. The maximum atomic E-state index is 12.3. The molecular formula is C54H93NO3. The predicted octanol–water partition coefficient (Wildman–Crippen LogP) is 15.8. The molecule has 0 aromatic carbocycles. The second kappa shape index (κ2) is 48.7.